The number of pyridine rings is 1. The largest absolute Gasteiger partial charge is 0.494 e. The summed E-state index contributed by atoms with van der Waals surface area (Å²) >= 11 is 0. The molecule has 0 atom stereocenters. The first kappa shape index (κ1) is 21.0. The van der Waals surface area contributed by atoms with E-state index in [0.717, 1.165) is 12.0 Å². The SMILES string of the molecule is CCCOc1ccc(S(=O)(=O)N(CCc2ccccc2)Cc2ccccn2)cc1. The lowest BCUT2D eigenvalue weighted by Crippen LogP contribution is -2.33. The molecule has 0 saturated heterocycles. The normalized spacial score (nSPS) is 11.5. The molecule has 0 bridgehead atoms. The lowest BCUT2D eigenvalue weighted by molar-refractivity contribution is 0.317. The predicted octanol–water partition coefficient (Wildman–Crippen LogP) is 4.30. The lowest BCUT2D eigenvalue weighted by atomic mass is 10.1. The van der Waals surface area contributed by atoms with Crippen LogP contribution in [0.1, 0.15) is 24.6 Å². The first-order valence-corrected chi connectivity index (χ1v) is 11.2. The Morgan fingerprint density at radius 2 is 1.66 bits per heavy atom. The molecule has 3 rings (SSSR count). The van der Waals surface area contributed by atoms with E-state index in [0.29, 0.717) is 31.0 Å². The zero-order chi connectivity index (χ0) is 20.5. The fraction of sp³-hybridized carbons (Fsp3) is 0.261. The highest BCUT2D eigenvalue weighted by Crippen LogP contribution is 2.22. The van der Waals surface area contributed by atoms with Crippen molar-refractivity contribution in [2.45, 2.75) is 31.2 Å². The van der Waals surface area contributed by atoms with Crippen LogP contribution >= 0.6 is 0 Å². The number of nitrogens with zero attached hydrogens (tertiary/aromatic N) is 2. The molecule has 1 heterocycles. The Morgan fingerprint density at radius 3 is 2.31 bits per heavy atom. The van der Waals surface area contributed by atoms with Crippen molar-refractivity contribution in [1.82, 2.24) is 9.29 Å². The summed E-state index contributed by atoms with van der Waals surface area (Å²) in [4.78, 5) is 4.56. The van der Waals surface area contributed by atoms with Crippen molar-refractivity contribution in [3.8, 4) is 5.75 Å². The second-order valence-electron chi connectivity index (χ2n) is 6.72. The minimum atomic E-state index is -3.67. The van der Waals surface area contributed by atoms with Gasteiger partial charge in [-0.25, -0.2) is 8.42 Å². The topological polar surface area (TPSA) is 59.5 Å². The summed E-state index contributed by atoms with van der Waals surface area (Å²) in [7, 11) is -3.67. The van der Waals surface area contributed by atoms with Crippen LogP contribution in [0.25, 0.3) is 0 Å². The smallest absolute Gasteiger partial charge is 0.243 e. The number of benzene rings is 2. The van der Waals surface area contributed by atoms with Crippen LogP contribution in [0.5, 0.6) is 5.75 Å². The molecule has 0 unspecified atom stereocenters. The van der Waals surface area contributed by atoms with Crippen molar-refractivity contribution < 1.29 is 13.2 Å². The van der Waals surface area contributed by atoms with E-state index in [4.69, 9.17) is 4.74 Å². The number of aromatic nitrogens is 1. The molecule has 152 valence electrons. The molecule has 5 nitrogen and oxygen atoms in total. The highest BCUT2D eigenvalue weighted by Gasteiger charge is 2.25. The Labute approximate surface area is 173 Å². The monoisotopic (exact) mass is 410 g/mol. The van der Waals surface area contributed by atoms with Crippen LogP contribution in [0.2, 0.25) is 0 Å². The molecule has 0 aliphatic heterocycles. The highest BCUT2D eigenvalue weighted by atomic mass is 32.2. The average molecular weight is 411 g/mol. The number of ether oxygens (including phenoxy) is 1. The molecule has 0 saturated carbocycles. The Bertz CT molecular complexity index is 976. The quantitative estimate of drug-likeness (QED) is 0.500. The van der Waals surface area contributed by atoms with Crippen LogP contribution in [0, 0.1) is 0 Å². The molecule has 1 aromatic heterocycles. The molecule has 0 fully saturated rings. The summed E-state index contributed by atoms with van der Waals surface area (Å²) in [5, 5.41) is 0. The molecular weight excluding hydrogens is 384 g/mol. The first-order valence-electron chi connectivity index (χ1n) is 9.76. The van der Waals surface area contributed by atoms with E-state index < -0.39 is 10.0 Å². The fourth-order valence-corrected chi connectivity index (χ4v) is 4.34. The molecule has 0 aliphatic rings. The number of hydrogen-bond acceptors (Lipinski definition) is 4. The number of rotatable bonds is 10. The van der Waals surface area contributed by atoms with E-state index in [1.165, 1.54) is 4.31 Å². The third-order valence-corrected chi connectivity index (χ3v) is 6.35. The Hall–Kier alpha value is -2.70. The van der Waals surface area contributed by atoms with Crippen molar-refractivity contribution in [3.63, 3.8) is 0 Å². The molecule has 0 radical (unpaired) electrons. The Balaban J connectivity index is 1.82. The summed E-state index contributed by atoms with van der Waals surface area (Å²) in [6, 6.07) is 22.0. The average Bonchev–Trinajstić information content (AvgIpc) is 2.77. The van der Waals surface area contributed by atoms with Crippen LogP contribution < -0.4 is 4.74 Å². The maximum absolute atomic E-state index is 13.3. The van der Waals surface area contributed by atoms with E-state index in [2.05, 4.69) is 4.98 Å². The number of sulfonamides is 1. The van der Waals surface area contributed by atoms with Crippen LogP contribution in [-0.2, 0) is 23.0 Å². The molecule has 6 heteroatoms. The van der Waals surface area contributed by atoms with E-state index in [-0.39, 0.29) is 11.4 Å². The van der Waals surface area contributed by atoms with Gasteiger partial charge in [0.2, 0.25) is 10.0 Å². The van der Waals surface area contributed by atoms with Gasteiger partial charge in [-0.3, -0.25) is 4.98 Å². The lowest BCUT2D eigenvalue weighted by Gasteiger charge is -2.22. The molecule has 0 aliphatic carbocycles. The van der Waals surface area contributed by atoms with E-state index in [9.17, 15) is 8.42 Å². The minimum Gasteiger partial charge on any atom is -0.494 e. The van der Waals surface area contributed by atoms with Crippen molar-refractivity contribution >= 4 is 10.0 Å². The Kier molecular flexibility index (Phi) is 7.38. The van der Waals surface area contributed by atoms with Gasteiger partial charge >= 0.3 is 0 Å². The zero-order valence-corrected chi connectivity index (χ0v) is 17.4. The van der Waals surface area contributed by atoms with Crippen molar-refractivity contribution in [1.29, 1.82) is 0 Å². The summed E-state index contributed by atoms with van der Waals surface area (Å²) in [5.41, 5.74) is 1.81. The standard InChI is InChI=1S/C23H26N2O3S/c1-2-18-28-22-11-13-23(14-12-22)29(26,27)25(19-21-10-6-7-16-24-21)17-15-20-8-4-3-5-9-20/h3-14,16H,2,15,17-19H2,1H3. The first-order chi connectivity index (χ1) is 14.1. The molecule has 2 aromatic carbocycles. The van der Waals surface area contributed by atoms with Crippen molar-refractivity contribution in [2.75, 3.05) is 13.2 Å². The second-order valence-corrected chi connectivity index (χ2v) is 8.65. The maximum Gasteiger partial charge on any atom is 0.243 e. The van der Waals surface area contributed by atoms with Gasteiger partial charge in [-0.2, -0.15) is 4.31 Å². The zero-order valence-electron chi connectivity index (χ0n) is 16.6. The van der Waals surface area contributed by atoms with Crippen molar-refractivity contribution in [2.24, 2.45) is 0 Å². The van der Waals surface area contributed by atoms with Gasteiger partial charge in [0.05, 0.1) is 23.7 Å². The third-order valence-electron chi connectivity index (χ3n) is 4.49. The summed E-state index contributed by atoms with van der Waals surface area (Å²) in [6.45, 7) is 3.23. The van der Waals surface area contributed by atoms with Gasteiger partial charge in [0.15, 0.2) is 0 Å². The summed E-state index contributed by atoms with van der Waals surface area (Å²) in [5.74, 6) is 0.673. The van der Waals surface area contributed by atoms with Gasteiger partial charge < -0.3 is 4.74 Å². The molecule has 29 heavy (non-hydrogen) atoms. The van der Waals surface area contributed by atoms with Gasteiger partial charge in [0.25, 0.3) is 0 Å². The minimum absolute atomic E-state index is 0.226. The van der Waals surface area contributed by atoms with Crippen LogP contribution in [0.15, 0.2) is 83.9 Å². The van der Waals surface area contributed by atoms with Crippen molar-refractivity contribution in [3.05, 3.63) is 90.3 Å². The molecule has 3 aromatic rings. The van der Waals surface area contributed by atoms with Gasteiger partial charge in [-0.1, -0.05) is 43.3 Å². The van der Waals surface area contributed by atoms with Gasteiger partial charge in [0, 0.05) is 12.7 Å². The van der Waals surface area contributed by atoms with Gasteiger partial charge in [-0.15, -0.1) is 0 Å². The maximum atomic E-state index is 13.3. The van der Waals surface area contributed by atoms with Crippen LogP contribution in [0.4, 0.5) is 0 Å². The van der Waals surface area contributed by atoms with E-state index in [1.807, 2.05) is 55.5 Å². The third kappa shape index (κ3) is 5.89. The van der Waals surface area contributed by atoms with Gasteiger partial charge in [-0.05, 0) is 54.8 Å². The molecule has 0 spiro atoms. The van der Waals surface area contributed by atoms with E-state index >= 15 is 0 Å². The van der Waals surface area contributed by atoms with Crippen LogP contribution in [0.3, 0.4) is 0 Å². The summed E-state index contributed by atoms with van der Waals surface area (Å²) < 4.78 is 33.7. The second kappa shape index (κ2) is 10.2. The fourth-order valence-electron chi connectivity index (χ4n) is 2.93. The molecule has 0 amide bonds. The molecule has 0 N–H and O–H groups in total. The highest BCUT2D eigenvalue weighted by molar-refractivity contribution is 7.89. The van der Waals surface area contributed by atoms with Gasteiger partial charge in [0.1, 0.15) is 5.75 Å². The van der Waals surface area contributed by atoms with E-state index in [1.54, 1.807) is 30.5 Å². The molecular formula is C23H26N2O3S. The van der Waals surface area contributed by atoms with Crippen LogP contribution in [-0.4, -0.2) is 30.9 Å². The summed E-state index contributed by atoms with van der Waals surface area (Å²) in [6.07, 6.45) is 3.21. The Morgan fingerprint density at radius 1 is 0.931 bits per heavy atom. The number of hydrogen-bond donors (Lipinski definition) is 0. The predicted molar refractivity (Wildman–Crippen MR) is 114 cm³/mol.